The van der Waals surface area contributed by atoms with Crippen LogP contribution in [0.3, 0.4) is 0 Å². The van der Waals surface area contributed by atoms with Gasteiger partial charge >= 0.3 is 0 Å². The lowest BCUT2D eigenvalue weighted by Crippen LogP contribution is -2.24. The van der Waals surface area contributed by atoms with Crippen LogP contribution in [0.5, 0.6) is 5.75 Å². The van der Waals surface area contributed by atoms with Gasteiger partial charge in [-0.2, -0.15) is 0 Å². The Hall–Kier alpha value is -1.97. The summed E-state index contributed by atoms with van der Waals surface area (Å²) in [5.74, 6) is -0.492. The summed E-state index contributed by atoms with van der Waals surface area (Å²) in [5, 5.41) is 11.3. The summed E-state index contributed by atoms with van der Waals surface area (Å²) in [5.41, 5.74) is 1.19. The van der Waals surface area contributed by atoms with Crippen molar-refractivity contribution in [2.45, 2.75) is 13.3 Å². The van der Waals surface area contributed by atoms with Crippen LogP contribution in [0.1, 0.15) is 12.5 Å². The second-order valence-corrected chi connectivity index (χ2v) is 3.38. The lowest BCUT2D eigenvalue weighted by atomic mass is 10.1. The lowest BCUT2D eigenvalue weighted by molar-refractivity contribution is -0.304. The van der Waals surface area contributed by atoms with Crippen LogP contribution in [0.15, 0.2) is 28.9 Å². The first-order chi connectivity index (χ1) is 7.72. The molecule has 1 heterocycles. The molecule has 0 saturated carbocycles. The third-order valence-electron chi connectivity index (χ3n) is 2.28. The number of carbonyl (C=O) groups is 1. The van der Waals surface area contributed by atoms with Crippen LogP contribution in [0.25, 0.3) is 11.0 Å². The van der Waals surface area contributed by atoms with Crippen LogP contribution < -0.4 is 9.84 Å². The predicted molar refractivity (Wildman–Crippen MR) is 56.1 cm³/mol. The summed E-state index contributed by atoms with van der Waals surface area (Å²) in [4.78, 5) is 10.5. The minimum absolute atomic E-state index is 0.150. The minimum atomic E-state index is -1.12. The third kappa shape index (κ3) is 1.86. The highest BCUT2D eigenvalue weighted by Gasteiger charge is 2.10. The Morgan fingerprint density at radius 2 is 2.31 bits per heavy atom. The second-order valence-electron chi connectivity index (χ2n) is 3.38. The number of aliphatic carboxylic acids is 1. The van der Waals surface area contributed by atoms with Gasteiger partial charge in [0.1, 0.15) is 0 Å². The van der Waals surface area contributed by atoms with Crippen LogP contribution in [-0.2, 0) is 11.2 Å². The summed E-state index contributed by atoms with van der Waals surface area (Å²) in [6.45, 7) is 2.42. The summed E-state index contributed by atoms with van der Waals surface area (Å²) in [7, 11) is 0. The molecule has 0 fully saturated rings. The standard InChI is InChI=1S/C12H12O4/c1-2-15-10-5-3-4-9-8(6-11(13)14)7-16-12(9)10/h3-5,7H,2,6H2,1H3,(H,13,14)/p-1. The first-order valence-corrected chi connectivity index (χ1v) is 5.04. The summed E-state index contributed by atoms with van der Waals surface area (Å²) in [6.07, 6.45) is 1.28. The van der Waals surface area contributed by atoms with Gasteiger partial charge in [0.2, 0.25) is 0 Å². The van der Waals surface area contributed by atoms with Gasteiger partial charge in [-0.3, -0.25) is 0 Å². The Bertz CT molecular complexity index is 513. The van der Waals surface area contributed by atoms with E-state index in [0.717, 1.165) is 5.39 Å². The number of benzene rings is 1. The molecule has 0 aliphatic rings. The van der Waals surface area contributed by atoms with Gasteiger partial charge in [-0.05, 0) is 13.0 Å². The van der Waals surface area contributed by atoms with Crippen molar-refractivity contribution < 1.29 is 19.1 Å². The largest absolute Gasteiger partial charge is 0.550 e. The lowest BCUT2D eigenvalue weighted by Gasteiger charge is -2.03. The summed E-state index contributed by atoms with van der Waals surface area (Å²) in [6, 6.07) is 5.40. The normalized spacial score (nSPS) is 10.6. The topological polar surface area (TPSA) is 62.5 Å². The predicted octanol–water partition coefficient (Wildman–Crippen LogP) is 1.12. The summed E-state index contributed by atoms with van der Waals surface area (Å²) >= 11 is 0. The maximum atomic E-state index is 10.5. The quantitative estimate of drug-likeness (QED) is 0.773. The fourth-order valence-electron chi connectivity index (χ4n) is 1.65. The number of carboxylic acid groups (broad SMARTS) is 1. The van der Waals surface area contributed by atoms with Crippen LogP contribution in [0.2, 0.25) is 0 Å². The Labute approximate surface area is 92.4 Å². The number of hydrogen-bond acceptors (Lipinski definition) is 4. The molecule has 2 rings (SSSR count). The van der Waals surface area contributed by atoms with Crippen molar-refractivity contribution in [1.29, 1.82) is 0 Å². The van der Waals surface area contributed by atoms with Gasteiger partial charge in [0.15, 0.2) is 11.3 Å². The van der Waals surface area contributed by atoms with Crippen molar-refractivity contribution in [2.24, 2.45) is 0 Å². The molecule has 0 aliphatic carbocycles. The molecule has 0 N–H and O–H groups in total. The molecule has 0 amide bonds. The Kier molecular flexibility index (Phi) is 2.81. The van der Waals surface area contributed by atoms with Crippen molar-refractivity contribution in [3.8, 4) is 5.75 Å². The number of rotatable bonds is 4. The molecule has 1 aromatic carbocycles. The average Bonchev–Trinajstić information content (AvgIpc) is 2.63. The number of fused-ring (bicyclic) bond motifs is 1. The third-order valence-corrected chi connectivity index (χ3v) is 2.28. The molecule has 0 radical (unpaired) electrons. The van der Waals surface area contributed by atoms with E-state index >= 15 is 0 Å². The van der Waals surface area contributed by atoms with E-state index in [0.29, 0.717) is 23.5 Å². The fraction of sp³-hybridized carbons (Fsp3) is 0.250. The zero-order valence-electron chi connectivity index (χ0n) is 8.86. The van der Waals surface area contributed by atoms with E-state index in [1.807, 2.05) is 13.0 Å². The molecule has 2 aromatic rings. The second kappa shape index (κ2) is 4.26. The monoisotopic (exact) mass is 219 g/mol. The Balaban J connectivity index is 2.48. The van der Waals surface area contributed by atoms with Crippen molar-refractivity contribution in [2.75, 3.05) is 6.61 Å². The molecule has 84 valence electrons. The molecule has 1 aromatic heterocycles. The van der Waals surface area contributed by atoms with Crippen molar-refractivity contribution in [1.82, 2.24) is 0 Å². The van der Waals surface area contributed by atoms with Gasteiger partial charge < -0.3 is 19.1 Å². The highest BCUT2D eigenvalue weighted by atomic mass is 16.5. The van der Waals surface area contributed by atoms with E-state index in [9.17, 15) is 9.90 Å². The zero-order valence-corrected chi connectivity index (χ0v) is 8.86. The highest BCUT2D eigenvalue weighted by Crippen LogP contribution is 2.29. The molecule has 0 spiro atoms. The molecule has 0 unspecified atom stereocenters. The van der Waals surface area contributed by atoms with Crippen molar-refractivity contribution in [3.63, 3.8) is 0 Å². The van der Waals surface area contributed by atoms with Crippen LogP contribution in [0.4, 0.5) is 0 Å². The molecule has 16 heavy (non-hydrogen) atoms. The molecular weight excluding hydrogens is 208 g/mol. The maximum Gasteiger partial charge on any atom is 0.175 e. The van der Waals surface area contributed by atoms with Crippen LogP contribution >= 0.6 is 0 Å². The molecular formula is C12H11O4-. The molecule has 0 aliphatic heterocycles. The van der Waals surface area contributed by atoms with Gasteiger partial charge in [-0.1, -0.05) is 12.1 Å². The Morgan fingerprint density at radius 3 is 3.00 bits per heavy atom. The number of carboxylic acids is 1. The molecule has 0 atom stereocenters. The van der Waals surface area contributed by atoms with E-state index in [1.54, 1.807) is 12.1 Å². The number of para-hydroxylation sites is 1. The first-order valence-electron chi connectivity index (χ1n) is 5.04. The number of furan rings is 1. The minimum Gasteiger partial charge on any atom is -0.550 e. The van der Waals surface area contributed by atoms with E-state index < -0.39 is 5.97 Å². The number of carbonyl (C=O) groups excluding carboxylic acids is 1. The fourth-order valence-corrected chi connectivity index (χ4v) is 1.65. The maximum absolute atomic E-state index is 10.5. The number of ether oxygens (including phenoxy) is 1. The van der Waals surface area contributed by atoms with E-state index in [-0.39, 0.29) is 6.42 Å². The SMILES string of the molecule is CCOc1cccc2c(CC(=O)[O-])coc12. The Morgan fingerprint density at radius 1 is 1.50 bits per heavy atom. The van der Waals surface area contributed by atoms with Crippen molar-refractivity contribution in [3.05, 3.63) is 30.0 Å². The van der Waals surface area contributed by atoms with Gasteiger partial charge in [0.05, 0.1) is 12.9 Å². The average molecular weight is 219 g/mol. The van der Waals surface area contributed by atoms with Gasteiger partial charge in [0, 0.05) is 23.3 Å². The summed E-state index contributed by atoms with van der Waals surface area (Å²) < 4.78 is 10.7. The smallest absolute Gasteiger partial charge is 0.175 e. The highest BCUT2D eigenvalue weighted by molar-refractivity contribution is 5.88. The number of hydrogen-bond donors (Lipinski definition) is 0. The molecule has 4 nitrogen and oxygen atoms in total. The van der Waals surface area contributed by atoms with E-state index in [4.69, 9.17) is 9.15 Å². The zero-order chi connectivity index (χ0) is 11.5. The molecule has 0 bridgehead atoms. The molecule has 4 heteroatoms. The van der Waals surface area contributed by atoms with Crippen molar-refractivity contribution >= 4 is 16.9 Å². The first kappa shape index (κ1) is 10.5. The van der Waals surface area contributed by atoms with Gasteiger partial charge in [-0.15, -0.1) is 0 Å². The van der Waals surface area contributed by atoms with E-state index in [1.165, 1.54) is 6.26 Å². The van der Waals surface area contributed by atoms with E-state index in [2.05, 4.69) is 0 Å². The van der Waals surface area contributed by atoms with Gasteiger partial charge in [-0.25, -0.2) is 0 Å². The van der Waals surface area contributed by atoms with Gasteiger partial charge in [0.25, 0.3) is 0 Å². The molecule has 0 saturated heterocycles. The van der Waals surface area contributed by atoms with Crippen LogP contribution in [-0.4, -0.2) is 12.6 Å². The van der Waals surface area contributed by atoms with Crippen LogP contribution in [0, 0.1) is 0 Å².